The molecule has 1 aliphatic rings. The van der Waals surface area contributed by atoms with Crippen LogP contribution in [0.2, 0.25) is 0 Å². The number of hydrogen-bond donors (Lipinski definition) is 0. The molecule has 1 heterocycles. The first-order chi connectivity index (χ1) is 10.9. The van der Waals surface area contributed by atoms with Crippen molar-refractivity contribution >= 4 is 16.1 Å². The Hall–Kier alpha value is -1.64. The second-order valence-electron chi connectivity index (χ2n) is 5.56. The minimum absolute atomic E-state index is 0.0863. The molecule has 1 aromatic rings. The molecule has 0 spiro atoms. The van der Waals surface area contributed by atoms with E-state index < -0.39 is 10.2 Å². The maximum absolute atomic E-state index is 12.5. The Morgan fingerprint density at radius 3 is 2.30 bits per heavy atom. The molecule has 0 radical (unpaired) electrons. The molecule has 1 saturated heterocycles. The number of amides is 1. The number of ether oxygens (including phenoxy) is 1. The molecule has 0 saturated carbocycles. The summed E-state index contributed by atoms with van der Waals surface area (Å²) in [6.07, 6.45) is 0.620. The van der Waals surface area contributed by atoms with E-state index in [4.69, 9.17) is 4.74 Å². The van der Waals surface area contributed by atoms with Gasteiger partial charge in [-0.1, -0.05) is 0 Å². The van der Waals surface area contributed by atoms with Crippen molar-refractivity contribution < 1.29 is 17.9 Å². The van der Waals surface area contributed by atoms with Gasteiger partial charge in [-0.05, 0) is 30.7 Å². The molecular formula is C15H23N3O4S. The predicted octanol–water partition coefficient (Wildman–Crippen LogP) is 0.650. The van der Waals surface area contributed by atoms with Gasteiger partial charge in [0.2, 0.25) is 0 Å². The maximum Gasteiger partial charge on any atom is 0.281 e. The minimum atomic E-state index is -3.43. The van der Waals surface area contributed by atoms with Gasteiger partial charge in [0, 0.05) is 45.8 Å². The van der Waals surface area contributed by atoms with E-state index in [1.54, 1.807) is 36.3 Å². The van der Waals surface area contributed by atoms with Crippen LogP contribution in [0.4, 0.5) is 0 Å². The average Bonchev–Trinajstić information content (AvgIpc) is 2.80. The van der Waals surface area contributed by atoms with E-state index >= 15 is 0 Å². The fraction of sp³-hybridized carbons (Fsp3) is 0.533. The normalized spacial score (nSPS) is 17.1. The highest BCUT2D eigenvalue weighted by atomic mass is 32.2. The molecule has 0 aliphatic carbocycles. The van der Waals surface area contributed by atoms with Gasteiger partial charge in [-0.25, -0.2) is 0 Å². The van der Waals surface area contributed by atoms with Crippen molar-refractivity contribution in [3.8, 4) is 5.75 Å². The molecule has 7 nitrogen and oxygen atoms in total. The first-order valence-electron chi connectivity index (χ1n) is 7.47. The smallest absolute Gasteiger partial charge is 0.281 e. The summed E-state index contributed by atoms with van der Waals surface area (Å²) in [4.78, 5) is 14.3. The number of carbonyl (C=O) groups excluding carboxylic acids is 1. The van der Waals surface area contributed by atoms with Crippen molar-refractivity contribution in [3.05, 3.63) is 29.8 Å². The fourth-order valence-electron chi connectivity index (χ4n) is 2.47. The quantitative estimate of drug-likeness (QED) is 0.806. The summed E-state index contributed by atoms with van der Waals surface area (Å²) < 4.78 is 32.1. The Labute approximate surface area is 137 Å². The molecule has 2 rings (SSSR count). The molecule has 0 unspecified atom stereocenters. The number of rotatable bonds is 4. The topological polar surface area (TPSA) is 70.2 Å². The van der Waals surface area contributed by atoms with Crippen LogP contribution in [-0.2, 0) is 10.2 Å². The first-order valence-corrected chi connectivity index (χ1v) is 8.87. The second-order valence-corrected chi connectivity index (χ2v) is 7.71. The van der Waals surface area contributed by atoms with E-state index in [2.05, 4.69) is 0 Å². The van der Waals surface area contributed by atoms with Crippen molar-refractivity contribution in [2.75, 3.05) is 47.4 Å². The Morgan fingerprint density at radius 1 is 1.09 bits per heavy atom. The number of methoxy groups -OCH3 is 1. The van der Waals surface area contributed by atoms with Crippen LogP contribution >= 0.6 is 0 Å². The molecule has 1 aromatic carbocycles. The number of benzene rings is 1. The molecule has 1 aliphatic heterocycles. The summed E-state index contributed by atoms with van der Waals surface area (Å²) in [5.74, 6) is 0.609. The van der Waals surface area contributed by atoms with Gasteiger partial charge in [-0.3, -0.25) is 4.79 Å². The average molecular weight is 341 g/mol. The zero-order chi connectivity index (χ0) is 17.0. The van der Waals surface area contributed by atoms with Gasteiger partial charge >= 0.3 is 0 Å². The van der Waals surface area contributed by atoms with Crippen molar-refractivity contribution in [2.24, 2.45) is 0 Å². The van der Waals surface area contributed by atoms with Crippen LogP contribution in [0.25, 0.3) is 0 Å². The van der Waals surface area contributed by atoms with E-state index in [9.17, 15) is 13.2 Å². The molecular weight excluding hydrogens is 318 g/mol. The third-order valence-corrected chi connectivity index (χ3v) is 5.81. The first kappa shape index (κ1) is 17.7. The summed E-state index contributed by atoms with van der Waals surface area (Å²) in [6, 6.07) is 6.93. The summed E-state index contributed by atoms with van der Waals surface area (Å²) in [5, 5.41) is 0. The largest absolute Gasteiger partial charge is 0.497 e. The van der Waals surface area contributed by atoms with Crippen LogP contribution in [0.1, 0.15) is 16.8 Å². The number of nitrogens with zero attached hydrogens (tertiary/aromatic N) is 3. The van der Waals surface area contributed by atoms with Crippen LogP contribution in [0.5, 0.6) is 5.75 Å². The SMILES string of the molecule is COc1ccc(C(=O)N2CCCN(S(=O)(=O)N(C)C)CC2)cc1. The van der Waals surface area contributed by atoms with Crippen LogP contribution in [0.3, 0.4) is 0 Å². The van der Waals surface area contributed by atoms with Crippen LogP contribution < -0.4 is 4.74 Å². The second kappa shape index (κ2) is 7.29. The molecule has 0 aromatic heterocycles. The van der Waals surface area contributed by atoms with Crippen molar-refractivity contribution in [1.29, 1.82) is 0 Å². The van der Waals surface area contributed by atoms with E-state index in [1.165, 1.54) is 22.7 Å². The molecule has 128 valence electrons. The molecule has 8 heteroatoms. The van der Waals surface area contributed by atoms with Crippen molar-refractivity contribution in [1.82, 2.24) is 13.5 Å². The molecule has 0 N–H and O–H groups in total. The minimum Gasteiger partial charge on any atom is -0.497 e. The van der Waals surface area contributed by atoms with Gasteiger partial charge in [0.15, 0.2) is 0 Å². The molecule has 1 amide bonds. The van der Waals surface area contributed by atoms with Crippen LogP contribution in [0, 0.1) is 0 Å². The van der Waals surface area contributed by atoms with E-state index in [-0.39, 0.29) is 5.91 Å². The lowest BCUT2D eigenvalue weighted by Gasteiger charge is -2.24. The molecule has 0 atom stereocenters. The fourth-order valence-corrected chi connectivity index (χ4v) is 3.61. The lowest BCUT2D eigenvalue weighted by molar-refractivity contribution is 0.0764. The standard InChI is InChI=1S/C15H23N3O4S/c1-16(2)23(20,21)18-10-4-9-17(11-12-18)15(19)13-5-7-14(22-3)8-6-13/h5-8H,4,9-12H2,1-3H3. The van der Waals surface area contributed by atoms with Crippen LogP contribution in [-0.4, -0.2) is 75.2 Å². The third kappa shape index (κ3) is 4.01. The highest BCUT2D eigenvalue weighted by Crippen LogP contribution is 2.15. The maximum atomic E-state index is 12.5. The van der Waals surface area contributed by atoms with E-state index in [1.807, 2.05) is 0 Å². The zero-order valence-electron chi connectivity index (χ0n) is 13.7. The van der Waals surface area contributed by atoms with E-state index in [0.717, 1.165) is 0 Å². The Balaban J connectivity index is 2.06. The van der Waals surface area contributed by atoms with Crippen LogP contribution in [0.15, 0.2) is 24.3 Å². The van der Waals surface area contributed by atoms with Crippen molar-refractivity contribution in [2.45, 2.75) is 6.42 Å². The lowest BCUT2D eigenvalue weighted by atomic mass is 10.2. The van der Waals surface area contributed by atoms with Gasteiger partial charge in [-0.15, -0.1) is 0 Å². The highest BCUT2D eigenvalue weighted by Gasteiger charge is 2.28. The molecule has 0 bridgehead atoms. The van der Waals surface area contributed by atoms with Gasteiger partial charge in [0.05, 0.1) is 7.11 Å². The van der Waals surface area contributed by atoms with Gasteiger partial charge in [0.1, 0.15) is 5.75 Å². The Bertz CT molecular complexity index is 643. The number of hydrogen-bond acceptors (Lipinski definition) is 4. The Kier molecular flexibility index (Phi) is 5.61. The predicted molar refractivity (Wildman–Crippen MR) is 87.7 cm³/mol. The van der Waals surface area contributed by atoms with E-state index in [0.29, 0.717) is 43.9 Å². The zero-order valence-corrected chi connectivity index (χ0v) is 14.5. The summed E-state index contributed by atoms with van der Waals surface area (Å²) in [6.45, 7) is 1.66. The number of carbonyl (C=O) groups is 1. The lowest BCUT2D eigenvalue weighted by Crippen LogP contribution is -2.42. The van der Waals surface area contributed by atoms with Crippen molar-refractivity contribution in [3.63, 3.8) is 0 Å². The monoisotopic (exact) mass is 341 g/mol. The molecule has 23 heavy (non-hydrogen) atoms. The van der Waals surface area contributed by atoms with Gasteiger partial charge < -0.3 is 9.64 Å². The van der Waals surface area contributed by atoms with Gasteiger partial charge in [0.25, 0.3) is 16.1 Å². The highest BCUT2D eigenvalue weighted by molar-refractivity contribution is 7.86. The summed E-state index contributed by atoms with van der Waals surface area (Å²) in [5.41, 5.74) is 0.578. The van der Waals surface area contributed by atoms with Gasteiger partial charge in [-0.2, -0.15) is 17.0 Å². The molecule has 1 fully saturated rings. The summed E-state index contributed by atoms with van der Waals surface area (Å²) in [7, 11) is 1.17. The third-order valence-electron chi connectivity index (χ3n) is 3.87. The Morgan fingerprint density at radius 2 is 1.74 bits per heavy atom. The summed E-state index contributed by atoms with van der Waals surface area (Å²) >= 11 is 0.